The number of aryl methyl sites for hydroxylation is 1. The van der Waals surface area contributed by atoms with E-state index in [-0.39, 0.29) is 5.91 Å². The molecule has 0 aliphatic heterocycles. The zero-order valence-corrected chi connectivity index (χ0v) is 12.6. The minimum atomic E-state index is -0.177. The Bertz CT molecular complexity index is 649. The van der Waals surface area contributed by atoms with Gasteiger partial charge in [-0.25, -0.2) is 0 Å². The Kier molecular flexibility index (Phi) is 3.97. The van der Waals surface area contributed by atoms with Gasteiger partial charge in [-0.1, -0.05) is 35.8 Å². The second kappa shape index (κ2) is 5.90. The number of nitrogens with one attached hydrogen (secondary N) is 1. The summed E-state index contributed by atoms with van der Waals surface area (Å²) in [4.78, 5) is 12.3. The predicted molar refractivity (Wildman–Crippen MR) is 80.3 cm³/mol. The summed E-state index contributed by atoms with van der Waals surface area (Å²) in [5.74, 6) is 1.26. The second-order valence-electron chi connectivity index (χ2n) is 5.59. The molecule has 0 spiro atoms. The number of carbonyl (C=O) groups excluding carboxylic acids is 1. The summed E-state index contributed by atoms with van der Waals surface area (Å²) in [5.41, 5.74) is 2.41. The molecule has 21 heavy (non-hydrogen) atoms. The summed E-state index contributed by atoms with van der Waals surface area (Å²) in [6.07, 6.45) is 2.82. The molecule has 1 aromatic carbocycles. The number of halogens is 1. The van der Waals surface area contributed by atoms with Gasteiger partial charge < -0.3 is 9.84 Å². The lowest BCUT2D eigenvalue weighted by molar-refractivity contribution is 0.0941. The van der Waals surface area contributed by atoms with Gasteiger partial charge in [0.25, 0.3) is 5.91 Å². The van der Waals surface area contributed by atoms with Gasteiger partial charge in [0.2, 0.25) is 0 Å². The van der Waals surface area contributed by atoms with Crippen LogP contribution in [0.1, 0.15) is 40.7 Å². The molecule has 1 atom stereocenters. The Labute approximate surface area is 128 Å². The van der Waals surface area contributed by atoms with E-state index in [0.29, 0.717) is 23.2 Å². The smallest absolute Gasteiger partial charge is 0.274 e. The van der Waals surface area contributed by atoms with Crippen LogP contribution in [-0.2, 0) is 19.4 Å². The second-order valence-corrected chi connectivity index (χ2v) is 6.03. The Morgan fingerprint density at radius 2 is 2.19 bits per heavy atom. The van der Waals surface area contributed by atoms with Gasteiger partial charge in [-0.05, 0) is 36.5 Å². The minimum Gasteiger partial charge on any atom is -0.360 e. The summed E-state index contributed by atoms with van der Waals surface area (Å²) in [6, 6.07) is 7.40. The van der Waals surface area contributed by atoms with Crippen molar-refractivity contribution >= 4 is 17.5 Å². The Morgan fingerprint density at radius 3 is 2.95 bits per heavy atom. The molecule has 1 N–H and O–H groups in total. The van der Waals surface area contributed by atoms with Gasteiger partial charge >= 0.3 is 0 Å². The van der Waals surface area contributed by atoms with Crippen LogP contribution in [0.5, 0.6) is 0 Å². The molecule has 0 saturated carbocycles. The van der Waals surface area contributed by atoms with Crippen molar-refractivity contribution in [3.05, 3.63) is 51.9 Å². The van der Waals surface area contributed by atoms with Gasteiger partial charge in [0.15, 0.2) is 5.69 Å². The Morgan fingerprint density at radius 1 is 1.43 bits per heavy atom. The largest absolute Gasteiger partial charge is 0.360 e. The standard InChI is InChI=1S/C16H17ClN2O2/c1-10-2-7-14-13(8-10)15(19-21-14)16(20)18-9-11-3-5-12(17)6-4-11/h3-6,10H,2,7-9H2,1H3,(H,18,20). The van der Waals surface area contributed by atoms with Crippen LogP contribution in [-0.4, -0.2) is 11.1 Å². The molecule has 0 radical (unpaired) electrons. The lowest BCUT2D eigenvalue weighted by atomic mass is 9.88. The lowest BCUT2D eigenvalue weighted by Gasteiger charge is -2.16. The van der Waals surface area contributed by atoms with Crippen molar-refractivity contribution in [2.24, 2.45) is 5.92 Å². The highest BCUT2D eigenvalue weighted by atomic mass is 35.5. The maximum absolute atomic E-state index is 12.3. The molecule has 0 bridgehead atoms. The first-order chi connectivity index (χ1) is 10.1. The number of amides is 1. The lowest BCUT2D eigenvalue weighted by Crippen LogP contribution is -2.25. The van der Waals surface area contributed by atoms with E-state index in [1.165, 1.54) is 0 Å². The van der Waals surface area contributed by atoms with Crippen LogP contribution in [0.4, 0.5) is 0 Å². The molecule has 110 valence electrons. The molecule has 1 aliphatic rings. The molecule has 0 fully saturated rings. The SMILES string of the molecule is CC1CCc2onc(C(=O)NCc3ccc(Cl)cc3)c2C1. The highest BCUT2D eigenvalue weighted by Crippen LogP contribution is 2.27. The predicted octanol–water partition coefficient (Wildman–Crippen LogP) is 3.38. The molecule has 1 aromatic heterocycles. The number of nitrogens with zero attached hydrogens (tertiary/aromatic N) is 1. The van der Waals surface area contributed by atoms with Crippen molar-refractivity contribution < 1.29 is 9.32 Å². The number of hydrogen-bond donors (Lipinski definition) is 1. The minimum absolute atomic E-state index is 0.177. The monoisotopic (exact) mass is 304 g/mol. The number of aromatic nitrogens is 1. The molecular formula is C16H17ClN2O2. The van der Waals surface area contributed by atoms with Gasteiger partial charge in [0.1, 0.15) is 5.76 Å². The third kappa shape index (κ3) is 3.10. The zero-order valence-electron chi connectivity index (χ0n) is 11.9. The fourth-order valence-electron chi connectivity index (χ4n) is 2.62. The fraction of sp³-hybridized carbons (Fsp3) is 0.375. The van der Waals surface area contributed by atoms with E-state index in [1.807, 2.05) is 24.3 Å². The van der Waals surface area contributed by atoms with Crippen LogP contribution in [0.3, 0.4) is 0 Å². The molecule has 5 heteroatoms. The summed E-state index contributed by atoms with van der Waals surface area (Å²) < 4.78 is 5.30. The van der Waals surface area contributed by atoms with Crippen LogP contribution < -0.4 is 5.32 Å². The molecule has 1 aliphatic carbocycles. The summed E-state index contributed by atoms with van der Waals surface area (Å²) in [6.45, 7) is 2.64. The van der Waals surface area contributed by atoms with E-state index in [2.05, 4.69) is 17.4 Å². The van der Waals surface area contributed by atoms with Gasteiger partial charge in [0.05, 0.1) is 0 Å². The van der Waals surface area contributed by atoms with Crippen LogP contribution >= 0.6 is 11.6 Å². The molecule has 0 saturated heterocycles. The molecule has 1 heterocycles. The maximum Gasteiger partial charge on any atom is 0.274 e. The third-order valence-corrected chi connectivity index (χ3v) is 4.12. The van der Waals surface area contributed by atoms with Crippen molar-refractivity contribution in [2.75, 3.05) is 0 Å². The van der Waals surface area contributed by atoms with Gasteiger partial charge in [-0.2, -0.15) is 0 Å². The number of fused-ring (bicyclic) bond motifs is 1. The van der Waals surface area contributed by atoms with E-state index in [4.69, 9.17) is 16.1 Å². The molecule has 3 rings (SSSR count). The average molecular weight is 305 g/mol. The first kappa shape index (κ1) is 14.1. The van der Waals surface area contributed by atoms with Crippen LogP contribution in [0.2, 0.25) is 5.02 Å². The van der Waals surface area contributed by atoms with Gasteiger partial charge in [-0.3, -0.25) is 4.79 Å². The Balaban J connectivity index is 1.68. The molecule has 1 amide bonds. The quantitative estimate of drug-likeness (QED) is 0.945. The summed E-state index contributed by atoms with van der Waals surface area (Å²) in [7, 11) is 0. The van der Waals surface area contributed by atoms with E-state index >= 15 is 0 Å². The highest BCUT2D eigenvalue weighted by Gasteiger charge is 2.26. The van der Waals surface area contributed by atoms with E-state index in [1.54, 1.807) is 0 Å². The maximum atomic E-state index is 12.3. The van der Waals surface area contributed by atoms with E-state index in [0.717, 1.165) is 36.1 Å². The normalized spacial score (nSPS) is 17.3. The first-order valence-corrected chi connectivity index (χ1v) is 7.51. The van der Waals surface area contributed by atoms with Crippen molar-refractivity contribution in [1.82, 2.24) is 10.5 Å². The highest BCUT2D eigenvalue weighted by molar-refractivity contribution is 6.30. The number of benzene rings is 1. The fourth-order valence-corrected chi connectivity index (χ4v) is 2.75. The number of carbonyl (C=O) groups is 1. The zero-order chi connectivity index (χ0) is 14.8. The topological polar surface area (TPSA) is 55.1 Å². The van der Waals surface area contributed by atoms with Crippen molar-refractivity contribution in [3.8, 4) is 0 Å². The summed E-state index contributed by atoms with van der Waals surface area (Å²) in [5, 5.41) is 7.52. The van der Waals surface area contributed by atoms with E-state index < -0.39 is 0 Å². The van der Waals surface area contributed by atoms with Crippen LogP contribution in [0, 0.1) is 5.92 Å². The molecule has 1 unspecified atom stereocenters. The van der Waals surface area contributed by atoms with E-state index in [9.17, 15) is 4.79 Å². The van der Waals surface area contributed by atoms with Crippen LogP contribution in [0.25, 0.3) is 0 Å². The third-order valence-electron chi connectivity index (χ3n) is 3.87. The summed E-state index contributed by atoms with van der Waals surface area (Å²) >= 11 is 5.84. The molecule has 2 aromatic rings. The Hall–Kier alpha value is -1.81. The van der Waals surface area contributed by atoms with Crippen molar-refractivity contribution in [1.29, 1.82) is 0 Å². The number of hydrogen-bond acceptors (Lipinski definition) is 3. The number of rotatable bonds is 3. The first-order valence-electron chi connectivity index (χ1n) is 7.13. The molecule has 4 nitrogen and oxygen atoms in total. The van der Waals surface area contributed by atoms with Crippen LogP contribution in [0.15, 0.2) is 28.8 Å². The van der Waals surface area contributed by atoms with Gasteiger partial charge in [0, 0.05) is 23.6 Å². The van der Waals surface area contributed by atoms with Crippen molar-refractivity contribution in [3.63, 3.8) is 0 Å². The average Bonchev–Trinajstić information content (AvgIpc) is 2.89. The van der Waals surface area contributed by atoms with Gasteiger partial charge in [-0.15, -0.1) is 0 Å². The molecular weight excluding hydrogens is 288 g/mol. The van der Waals surface area contributed by atoms with Crippen molar-refractivity contribution in [2.45, 2.75) is 32.7 Å².